The fourth-order valence-electron chi connectivity index (χ4n) is 0.871. The molecule has 0 heterocycles. The van der Waals surface area contributed by atoms with Gasteiger partial charge in [-0.05, 0) is 0 Å². The molecule has 2 unspecified atom stereocenters. The van der Waals surface area contributed by atoms with Crippen molar-refractivity contribution >= 4 is 0 Å². The molecule has 0 saturated carbocycles. The number of rotatable bonds is 0. The van der Waals surface area contributed by atoms with Crippen molar-refractivity contribution in [2.45, 2.75) is 18.9 Å². The maximum atomic E-state index is 7.36. The zero-order valence-corrected chi connectivity index (χ0v) is 9.52. The third-order valence-corrected chi connectivity index (χ3v) is 1.56. The summed E-state index contributed by atoms with van der Waals surface area (Å²) in [6, 6.07) is 0.0556. The Bertz CT molecular complexity index is 89.7. The van der Waals surface area contributed by atoms with Crippen LogP contribution in [0.2, 0.25) is 0 Å². The van der Waals surface area contributed by atoms with Crippen LogP contribution in [-0.4, -0.2) is 6.04 Å². The van der Waals surface area contributed by atoms with Crippen LogP contribution in [0.25, 0.3) is 5.73 Å². The average Bonchev–Trinajstić information content (AvgIpc) is 1.77. The van der Waals surface area contributed by atoms with Crippen molar-refractivity contribution in [3.05, 3.63) is 39.7 Å². The van der Waals surface area contributed by atoms with E-state index in [0.717, 1.165) is 12.8 Å². The Morgan fingerprint density at radius 3 is 1.91 bits per heavy atom. The molecule has 0 radical (unpaired) electrons. The summed E-state index contributed by atoms with van der Waals surface area (Å²) in [5, 5.41) is 0. The van der Waals surface area contributed by atoms with Crippen LogP contribution in [0.5, 0.6) is 0 Å². The number of hydrogen-bond acceptors (Lipinski definition) is 0. The van der Waals surface area contributed by atoms with Gasteiger partial charge in [0.15, 0.2) is 0 Å². The minimum Gasteiger partial charge on any atom is -0.676 e. The molecule has 1 nitrogen and oxygen atoms in total. The molecule has 1 aliphatic carbocycles. The van der Waals surface area contributed by atoms with E-state index in [-0.39, 0.29) is 42.0 Å². The van der Waals surface area contributed by atoms with E-state index in [4.69, 9.17) is 5.73 Å². The van der Waals surface area contributed by atoms with E-state index in [0.29, 0.717) is 5.92 Å². The van der Waals surface area contributed by atoms with Crippen LogP contribution in [0.3, 0.4) is 0 Å². The fourth-order valence-corrected chi connectivity index (χ4v) is 0.871. The summed E-state index contributed by atoms with van der Waals surface area (Å²) in [4.78, 5) is 0. The van der Waals surface area contributed by atoms with E-state index in [1.165, 1.54) is 0 Å². The van der Waals surface area contributed by atoms with Gasteiger partial charge in [-0.1, -0.05) is 25.0 Å². The normalized spacial score (nSPS) is 27.5. The first-order chi connectivity index (χ1) is 3.80. The average molecular weight is 334 g/mol. The Hall–Kier alpha value is 0.388. The predicted molar refractivity (Wildman–Crippen MR) is 48.2 cm³/mol. The molecule has 0 saturated heterocycles. The van der Waals surface area contributed by atoms with Crippen LogP contribution >= 0.6 is 0 Å². The van der Waals surface area contributed by atoms with Crippen LogP contribution in [0.4, 0.5) is 0 Å². The van der Waals surface area contributed by atoms with Gasteiger partial charge in [-0.2, -0.15) is 12.0 Å². The first kappa shape index (κ1) is 17.5. The van der Waals surface area contributed by atoms with Crippen molar-refractivity contribution in [2.24, 2.45) is 5.92 Å². The van der Waals surface area contributed by atoms with Crippen LogP contribution in [0.1, 0.15) is 12.8 Å². The van der Waals surface area contributed by atoms with Crippen molar-refractivity contribution in [3.8, 4) is 0 Å². The number of allylic oxidation sites excluding steroid dienone is 1. The van der Waals surface area contributed by atoms with Gasteiger partial charge in [-0.25, -0.2) is 0 Å². The molecule has 2 heteroatoms. The molecule has 0 aromatic heterocycles. The molecule has 1 aliphatic rings. The van der Waals surface area contributed by atoms with Gasteiger partial charge in [-0.3, -0.25) is 0 Å². The second-order valence-electron chi connectivity index (χ2n) is 2.31. The van der Waals surface area contributed by atoms with Crippen molar-refractivity contribution in [1.82, 2.24) is 0 Å². The zero-order chi connectivity index (χ0) is 5.98. The van der Waals surface area contributed by atoms with Crippen molar-refractivity contribution in [1.29, 1.82) is 0 Å². The summed E-state index contributed by atoms with van der Waals surface area (Å²) < 4.78 is 0. The first-order valence-corrected chi connectivity index (χ1v) is 3.00. The molecule has 0 fully saturated rings. The van der Waals surface area contributed by atoms with Gasteiger partial charge in [0.05, 0.1) is 0 Å². The van der Waals surface area contributed by atoms with E-state index < -0.39 is 0 Å². The predicted octanol–water partition coefficient (Wildman–Crippen LogP) is 3.11. The standard InChI is InChI=1S/C7H11N.2CH3.Pt/c1-6-4-2-3-5-7(6)8;;;/h2-3,6-8H,1,4-5H2;2*1H3;/q-2;2*-1;+4. The minimum atomic E-state index is 0. The molecular weight excluding hydrogens is 317 g/mol. The summed E-state index contributed by atoms with van der Waals surface area (Å²) in [5.74, 6) is 0.333. The summed E-state index contributed by atoms with van der Waals surface area (Å²) in [5.41, 5.74) is 7.36. The molecule has 0 amide bonds. The molecule has 1 rings (SSSR count). The van der Waals surface area contributed by atoms with Gasteiger partial charge in [0.1, 0.15) is 0 Å². The molecule has 1 N–H and O–H groups in total. The number of hydrogen-bond donors (Lipinski definition) is 0. The second-order valence-corrected chi connectivity index (χ2v) is 2.31. The van der Waals surface area contributed by atoms with Crippen molar-refractivity contribution in [2.75, 3.05) is 0 Å². The number of nitrogens with one attached hydrogen (secondary N) is 1. The third-order valence-electron chi connectivity index (χ3n) is 1.56. The van der Waals surface area contributed by atoms with Crippen LogP contribution in [0.15, 0.2) is 12.2 Å². The monoisotopic (exact) mass is 334 g/mol. The molecule has 11 heavy (non-hydrogen) atoms. The van der Waals surface area contributed by atoms with Gasteiger partial charge >= 0.3 is 21.1 Å². The Balaban J connectivity index is -0.000000213. The van der Waals surface area contributed by atoms with Crippen LogP contribution in [0, 0.1) is 27.7 Å². The van der Waals surface area contributed by atoms with Gasteiger partial charge in [0, 0.05) is 0 Å². The van der Waals surface area contributed by atoms with E-state index >= 15 is 0 Å². The van der Waals surface area contributed by atoms with E-state index in [1.54, 1.807) is 0 Å². The maximum absolute atomic E-state index is 7.36. The first-order valence-electron chi connectivity index (χ1n) is 3.00. The zero-order valence-electron chi connectivity index (χ0n) is 7.25. The van der Waals surface area contributed by atoms with Gasteiger partial charge in [0.25, 0.3) is 0 Å². The molecule has 0 spiro atoms. The smallest absolute Gasteiger partial charge is 0.676 e. The molecular formula is C9H17NPt. The van der Waals surface area contributed by atoms with Crippen LogP contribution in [-0.2, 0) is 21.1 Å². The summed E-state index contributed by atoms with van der Waals surface area (Å²) in [7, 11) is 0. The van der Waals surface area contributed by atoms with Crippen molar-refractivity contribution < 1.29 is 21.1 Å². The molecule has 2 atom stereocenters. The SMILES string of the molecule is [CH2-]C1CC=CCC1[NH-].[CH3-].[CH3-].[Pt+4]. The third kappa shape index (κ3) is 5.64. The quantitative estimate of drug-likeness (QED) is 0.480. The van der Waals surface area contributed by atoms with E-state index in [1.807, 2.05) is 0 Å². The molecule has 0 aromatic carbocycles. The molecule has 0 aliphatic heterocycles. The largest absolute Gasteiger partial charge is 4.00 e. The maximum Gasteiger partial charge on any atom is 4.00 e. The van der Waals surface area contributed by atoms with Gasteiger partial charge < -0.3 is 27.5 Å². The van der Waals surface area contributed by atoms with Crippen LogP contribution < -0.4 is 0 Å². The fraction of sp³-hybridized carbons (Fsp3) is 0.444. The Morgan fingerprint density at radius 1 is 1.18 bits per heavy atom. The van der Waals surface area contributed by atoms with Crippen molar-refractivity contribution in [3.63, 3.8) is 0 Å². The molecule has 0 bridgehead atoms. The summed E-state index contributed by atoms with van der Waals surface area (Å²) >= 11 is 0. The summed E-state index contributed by atoms with van der Waals surface area (Å²) in [6.45, 7) is 3.84. The molecule has 68 valence electrons. The van der Waals surface area contributed by atoms with Gasteiger partial charge in [0.2, 0.25) is 0 Å². The Kier molecular flexibility index (Phi) is 13.5. The Labute approximate surface area is 85.7 Å². The second kappa shape index (κ2) is 8.48. The molecule has 0 aromatic rings. The van der Waals surface area contributed by atoms with E-state index in [2.05, 4.69) is 19.1 Å². The topological polar surface area (TPSA) is 23.8 Å². The summed E-state index contributed by atoms with van der Waals surface area (Å²) in [6.07, 6.45) is 6.07. The Morgan fingerprint density at radius 2 is 1.64 bits per heavy atom. The minimum absolute atomic E-state index is 0. The van der Waals surface area contributed by atoms with E-state index in [9.17, 15) is 0 Å². The van der Waals surface area contributed by atoms with Gasteiger partial charge in [-0.15, -0.1) is 0 Å².